The second-order valence-electron chi connectivity index (χ2n) is 6.20. The van der Waals surface area contributed by atoms with Crippen LogP contribution in [0, 0.1) is 17.3 Å². The number of Topliss-reactive ketones (excluding diaryl/α,β-unsaturated/α-hetero) is 1. The molecule has 2 saturated carbocycles. The molecule has 0 unspecified atom stereocenters. The van der Waals surface area contributed by atoms with Gasteiger partial charge in [0.25, 0.3) is 0 Å². The molecule has 0 saturated heterocycles. The molecule has 0 aliphatic heterocycles. The minimum atomic E-state index is -1.51. The highest BCUT2D eigenvalue weighted by molar-refractivity contribution is 6.46. The molecule has 20 heavy (non-hydrogen) atoms. The van der Waals surface area contributed by atoms with Gasteiger partial charge in [0, 0.05) is 18.2 Å². The van der Waals surface area contributed by atoms with Crippen molar-refractivity contribution in [2.24, 2.45) is 17.3 Å². The van der Waals surface area contributed by atoms with Crippen LogP contribution in [0.1, 0.15) is 46.0 Å². The van der Waals surface area contributed by atoms with Crippen molar-refractivity contribution in [3.05, 3.63) is 0 Å². The van der Waals surface area contributed by atoms with Crippen molar-refractivity contribution in [1.29, 1.82) is 0 Å². The fraction of sp³-hybridized carbons (Fsp3) is 0.867. The average molecular weight is 321 g/mol. The van der Waals surface area contributed by atoms with E-state index in [0.29, 0.717) is 18.2 Å². The summed E-state index contributed by atoms with van der Waals surface area (Å²) in [6, 6.07) is 0. The number of rotatable bonds is 3. The van der Waals surface area contributed by atoms with Gasteiger partial charge < -0.3 is 4.74 Å². The molecular formula is C15H22Cl2O3. The van der Waals surface area contributed by atoms with Gasteiger partial charge in [0.05, 0.1) is 6.61 Å². The van der Waals surface area contributed by atoms with Crippen molar-refractivity contribution in [3.63, 3.8) is 0 Å². The van der Waals surface area contributed by atoms with Crippen molar-refractivity contribution in [2.75, 3.05) is 12.5 Å². The molecule has 0 aromatic heterocycles. The standard InChI is InChI=1S/C15H22Cl2O3/c1-3-20-13(19)15(17)11-6-4-5-10(9-16)14(11,2)8-7-12(15)18/h10-11H,3-9H2,1-2H3/t10-,11-,14-,15+/m1/s1. The van der Waals surface area contributed by atoms with E-state index in [-0.39, 0.29) is 23.7 Å². The Labute approximate surface area is 130 Å². The second kappa shape index (κ2) is 5.84. The molecule has 2 aliphatic carbocycles. The molecule has 2 fully saturated rings. The zero-order valence-electron chi connectivity index (χ0n) is 12.1. The number of alkyl halides is 2. The molecule has 5 heteroatoms. The van der Waals surface area contributed by atoms with Gasteiger partial charge in [0.2, 0.25) is 4.87 Å². The van der Waals surface area contributed by atoms with E-state index in [0.717, 1.165) is 25.7 Å². The summed E-state index contributed by atoms with van der Waals surface area (Å²) >= 11 is 12.7. The first kappa shape index (κ1) is 16.1. The third-order valence-corrected chi connectivity index (χ3v) is 6.31. The van der Waals surface area contributed by atoms with E-state index in [1.165, 1.54) is 0 Å². The van der Waals surface area contributed by atoms with Crippen LogP contribution in [0.5, 0.6) is 0 Å². The van der Waals surface area contributed by atoms with Crippen LogP contribution in [0.4, 0.5) is 0 Å². The Morgan fingerprint density at radius 2 is 2.15 bits per heavy atom. The maximum atomic E-state index is 12.4. The Kier molecular flexibility index (Phi) is 4.70. The predicted octanol–water partition coefficient (Wildman–Crippen LogP) is 3.55. The number of esters is 1. The quantitative estimate of drug-likeness (QED) is 0.453. The molecule has 0 heterocycles. The summed E-state index contributed by atoms with van der Waals surface area (Å²) in [6.07, 6.45) is 3.89. The lowest BCUT2D eigenvalue weighted by atomic mass is 9.52. The molecule has 0 aromatic carbocycles. The summed E-state index contributed by atoms with van der Waals surface area (Å²) in [4.78, 5) is 23.2. The lowest BCUT2D eigenvalue weighted by Crippen LogP contribution is -2.61. The van der Waals surface area contributed by atoms with E-state index in [9.17, 15) is 9.59 Å². The topological polar surface area (TPSA) is 43.4 Å². The zero-order chi connectivity index (χ0) is 15.0. The van der Waals surface area contributed by atoms with Gasteiger partial charge in [-0.25, -0.2) is 4.79 Å². The molecular weight excluding hydrogens is 299 g/mol. The van der Waals surface area contributed by atoms with Gasteiger partial charge >= 0.3 is 5.97 Å². The fourth-order valence-corrected chi connectivity index (χ4v) is 5.06. The molecule has 0 amide bonds. The van der Waals surface area contributed by atoms with Gasteiger partial charge in [-0.15, -0.1) is 11.6 Å². The van der Waals surface area contributed by atoms with E-state index in [4.69, 9.17) is 27.9 Å². The van der Waals surface area contributed by atoms with Crippen LogP contribution in [0.25, 0.3) is 0 Å². The summed E-state index contributed by atoms with van der Waals surface area (Å²) < 4.78 is 5.09. The SMILES string of the molecule is CCOC(=O)[C@@]1(Cl)C(=O)CC[C@]2(C)[C@@H](CCl)CCC[C@@H]12. The highest BCUT2D eigenvalue weighted by atomic mass is 35.5. The van der Waals surface area contributed by atoms with Crippen LogP contribution in [0.15, 0.2) is 0 Å². The Bertz CT molecular complexity index is 412. The number of carbonyl (C=O) groups excluding carboxylic acids is 2. The van der Waals surface area contributed by atoms with Crippen LogP contribution in [-0.2, 0) is 14.3 Å². The van der Waals surface area contributed by atoms with Crippen molar-refractivity contribution in [1.82, 2.24) is 0 Å². The molecule has 2 aliphatic rings. The minimum Gasteiger partial charge on any atom is -0.464 e. The van der Waals surface area contributed by atoms with Crippen LogP contribution < -0.4 is 0 Å². The molecule has 0 N–H and O–H groups in total. The zero-order valence-corrected chi connectivity index (χ0v) is 13.6. The van der Waals surface area contributed by atoms with Crippen LogP contribution in [0.2, 0.25) is 0 Å². The highest BCUT2D eigenvalue weighted by Gasteiger charge is 2.62. The minimum absolute atomic E-state index is 0.150. The number of halogens is 2. The van der Waals surface area contributed by atoms with Gasteiger partial charge in [-0.1, -0.05) is 24.9 Å². The fourth-order valence-electron chi connectivity index (χ4n) is 4.05. The number of fused-ring (bicyclic) bond motifs is 1. The first-order valence-corrected chi connectivity index (χ1v) is 8.27. The van der Waals surface area contributed by atoms with E-state index in [1.54, 1.807) is 6.92 Å². The lowest BCUT2D eigenvalue weighted by molar-refractivity contribution is -0.159. The van der Waals surface area contributed by atoms with Gasteiger partial charge in [-0.3, -0.25) is 4.79 Å². The van der Waals surface area contributed by atoms with Gasteiger partial charge in [-0.05, 0) is 37.5 Å². The van der Waals surface area contributed by atoms with E-state index < -0.39 is 10.8 Å². The molecule has 0 bridgehead atoms. The van der Waals surface area contributed by atoms with E-state index in [2.05, 4.69) is 6.92 Å². The summed E-state index contributed by atoms with van der Waals surface area (Å²) in [6.45, 7) is 4.10. The first-order chi connectivity index (χ1) is 9.41. The molecule has 2 rings (SSSR count). The number of ether oxygens (including phenoxy) is 1. The maximum absolute atomic E-state index is 12.4. The molecule has 114 valence electrons. The third-order valence-electron chi connectivity index (χ3n) is 5.31. The number of ketones is 1. The number of carbonyl (C=O) groups is 2. The van der Waals surface area contributed by atoms with E-state index in [1.807, 2.05) is 0 Å². The van der Waals surface area contributed by atoms with Crippen molar-refractivity contribution >= 4 is 35.0 Å². The highest BCUT2D eigenvalue weighted by Crippen LogP contribution is 2.58. The molecule has 0 aromatic rings. The maximum Gasteiger partial charge on any atom is 0.335 e. The van der Waals surface area contributed by atoms with Crippen molar-refractivity contribution in [2.45, 2.75) is 50.8 Å². The van der Waals surface area contributed by atoms with Crippen LogP contribution >= 0.6 is 23.2 Å². The van der Waals surface area contributed by atoms with E-state index >= 15 is 0 Å². The van der Waals surface area contributed by atoms with Gasteiger partial charge in [0.1, 0.15) is 0 Å². The van der Waals surface area contributed by atoms with Gasteiger partial charge in [0.15, 0.2) is 5.78 Å². The molecule has 3 nitrogen and oxygen atoms in total. The smallest absolute Gasteiger partial charge is 0.335 e. The summed E-state index contributed by atoms with van der Waals surface area (Å²) in [5.74, 6) is -0.0667. The molecule has 0 spiro atoms. The van der Waals surface area contributed by atoms with Crippen LogP contribution in [-0.4, -0.2) is 29.1 Å². The van der Waals surface area contributed by atoms with Crippen LogP contribution in [0.3, 0.4) is 0 Å². The third kappa shape index (κ3) is 2.27. The lowest BCUT2D eigenvalue weighted by Gasteiger charge is -2.54. The summed E-state index contributed by atoms with van der Waals surface area (Å²) in [7, 11) is 0. The first-order valence-electron chi connectivity index (χ1n) is 7.36. The van der Waals surface area contributed by atoms with Gasteiger partial charge in [-0.2, -0.15) is 0 Å². The monoisotopic (exact) mass is 320 g/mol. The normalized spacial score (nSPS) is 41.1. The molecule has 0 radical (unpaired) electrons. The summed E-state index contributed by atoms with van der Waals surface area (Å²) in [5, 5.41) is 0. The molecule has 4 atom stereocenters. The Morgan fingerprint density at radius 3 is 2.75 bits per heavy atom. The van der Waals surface area contributed by atoms with Crippen molar-refractivity contribution < 1.29 is 14.3 Å². The largest absolute Gasteiger partial charge is 0.464 e. The Hall–Kier alpha value is -0.280. The predicted molar refractivity (Wildman–Crippen MR) is 79.1 cm³/mol. The second-order valence-corrected chi connectivity index (χ2v) is 7.10. The Balaban J connectivity index is 2.40. The summed E-state index contributed by atoms with van der Waals surface area (Å²) in [5.41, 5.74) is -0.150. The Morgan fingerprint density at radius 1 is 1.45 bits per heavy atom. The number of hydrogen-bond donors (Lipinski definition) is 0. The number of hydrogen-bond acceptors (Lipinski definition) is 3. The average Bonchev–Trinajstić information content (AvgIpc) is 2.43. The van der Waals surface area contributed by atoms with Crippen molar-refractivity contribution in [3.8, 4) is 0 Å².